The van der Waals surface area contributed by atoms with Gasteiger partial charge in [0.1, 0.15) is 0 Å². The molecule has 2 unspecified atom stereocenters. The van der Waals surface area contributed by atoms with Gasteiger partial charge in [-0.15, -0.1) is 12.4 Å². The van der Waals surface area contributed by atoms with Gasteiger partial charge >= 0.3 is 0 Å². The van der Waals surface area contributed by atoms with Crippen molar-refractivity contribution in [2.24, 2.45) is 0 Å². The summed E-state index contributed by atoms with van der Waals surface area (Å²) in [6, 6.07) is 0.422. The lowest BCUT2D eigenvalue weighted by Crippen LogP contribution is -2.52. The summed E-state index contributed by atoms with van der Waals surface area (Å²) < 4.78 is 5.37. The highest BCUT2D eigenvalue weighted by molar-refractivity contribution is 5.85. The van der Waals surface area contributed by atoms with Crippen molar-refractivity contribution in [2.75, 3.05) is 26.8 Å². The maximum absolute atomic E-state index is 11.8. The predicted molar refractivity (Wildman–Crippen MR) is 62.4 cm³/mol. The molecule has 90 valence electrons. The number of nitrogens with zero attached hydrogens (tertiary/aromatic N) is 1. The van der Waals surface area contributed by atoms with E-state index >= 15 is 0 Å². The van der Waals surface area contributed by atoms with Gasteiger partial charge in [-0.25, -0.2) is 0 Å². The summed E-state index contributed by atoms with van der Waals surface area (Å²) in [6.45, 7) is 6.14. The summed E-state index contributed by atoms with van der Waals surface area (Å²) in [5.74, 6) is 0.225. The minimum absolute atomic E-state index is 0. The van der Waals surface area contributed by atoms with Crippen LogP contribution in [0.4, 0.5) is 0 Å². The Morgan fingerprint density at radius 2 is 1.93 bits per heavy atom. The second-order valence-corrected chi connectivity index (χ2v) is 3.89. The van der Waals surface area contributed by atoms with E-state index in [4.69, 9.17) is 4.74 Å². The van der Waals surface area contributed by atoms with Gasteiger partial charge in [-0.3, -0.25) is 4.79 Å². The van der Waals surface area contributed by atoms with Gasteiger partial charge in [-0.05, 0) is 20.9 Å². The van der Waals surface area contributed by atoms with Gasteiger partial charge in [-0.1, -0.05) is 0 Å². The van der Waals surface area contributed by atoms with Crippen molar-refractivity contribution < 1.29 is 9.53 Å². The molecule has 5 heteroatoms. The predicted octanol–water partition coefficient (Wildman–Crippen LogP) is 0.653. The van der Waals surface area contributed by atoms with Gasteiger partial charge in [-0.2, -0.15) is 0 Å². The van der Waals surface area contributed by atoms with Crippen molar-refractivity contribution in [1.82, 2.24) is 10.2 Å². The van der Waals surface area contributed by atoms with E-state index in [0.717, 1.165) is 6.54 Å². The van der Waals surface area contributed by atoms with Crippen LogP contribution in [0, 0.1) is 0 Å². The van der Waals surface area contributed by atoms with E-state index in [2.05, 4.69) is 5.32 Å². The molecule has 1 rings (SSSR count). The molecule has 0 spiro atoms. The van der Waals surface area contributed by atoms with Gasteiger partial charge in [0.05, 0.1) is 25.3 Å². The van der Waals surface area contributed by atoms with Crippen LogP contribution in [-0.2, 0) is 9.53 Å². The molecule has 4 nitrogen and oxygen atoms in total. The standard InChI is InChI=1S/C10H20N2O2.ClH/c1-8-6-14-7-9(2)12(8)10(13)4-5-11-3;/h8-9,11H,4-7H2,1-3H3;1H. The van der Waals surface area contributed by atoms with Crippen molar-refractivity contribution in [2.45, 2.75) is 32.4 Å². The van der Waals surface area contributed by atoms with Crippen LogP contribution in [0.25, 0.3) is 0 Å². The van der Waals surface area contributed by atoms with Gasteiger partial charge < -0.3 is 15.0 Å². The van der Waals surface area contributed by atoms with E-state index in [0.29, 0.717) is 19.6 Å². The SMILES string of the molecule is CNCCC(=O)N1C(C)COCC1C.Cl. The van der Waals surface area contributed by atoms with Crippen molar-refractivity contribution in [3.8, 4) is 0 Å². The molecular formula is C10H21ClN2O2. The fourth-order valence-electron chi connectivity index (χ4n) is 1.86. The quantitative estimate of drug-likeness (QED) is 0.783. The number of halogens is 1. The number of hydrogen-bond acceptors (Lipinski definition) is 3. The molecule has 0 aliphatic carbocycles. The highest BCUT2D eigenvalue weighted by Gasteiger charge is 2.28. The normalized spacial score (nSPS) is 25.9. The van der Waals surface area contributed by atoms with Crippen LogP contribution in [0.3, 0.4) is 0 Å². The van der Waals surface area contributed by atoms with Crippen LogP contribution in [-0.4, -0.2) is 49.7 Å². The van der Waals surface area contributed by atoms with Crippen LogP contribution < -0.4 is 5.32 Å². The Labute approximate surface area is 97.8 Å². The van der Waals surface area contributed by atoms with Crippen molar-refractivity contribution >= 4 is 18.3 Å². The molecule has 1 fully saturated rings. The number of morpholine rings is 1. The third-order valence-electron chi connectivity index (χ3n) is 2.54. The number of hydrogen-bond donors (Lipinski definition) is 1. The molecule has 0 bridgehead atoms. The Balaban J connectivity index is 0.00000196. The molecular weight excluding hydrogens is 216 g/mol. The topological polar surface area (TPSA) is 41.6 Å². The van der Waals surface area contributed by atoms with Gasteiger partial charge in [0, 0.05) is 13.0 Å². The summed E-state index contributed by atoms with van der Waals surface area (Å²) in [5.41, 5.74) is 0. The fraction of sp³-hybridized carbons (Fsp3) is 0.900. The number of nitrogens with one attached hydrogen (secondary N) is 1. The molecule has 1 aliphatic rings. The second-order valence-electron chi connectivity index (χ2n) is 3.89. The van der Waals surface area contributed by atoms with Crippen LogP contribution in [0.15, 0.2) is 0 Å². The summed E-state index contributed by atoms with van der Waals surface area (Å²) >= 11 is 0. The molecule has 0 aromatic carbocycles. The maximum atomic E-state index is 11.8. The second kappa shape index (κ2) is 7.04. The van der Waals surface area contributed by atoms with Crippen molar-refractivity contribution in [3.63, 3.8) is 0 Å². The summed E-state index contributed by atoms with van der Waals surface area (Å²) in [6.07, 6.45) is 0.575. The van der Waals surface area contributed by atoms with Crippen molar-refractivity contribution in [3.05, 3.63) is 0 Å². The third kappa shape index (κ3) is 3.97. The Morgan fingerprint density at radius 1 is 1.40 bits per heavy atom. The average Bonchev–Trinajstić information content (AvgIpc) is 2.14. The largest absolute Gasteiger partial charge is 0.377 e. The third-order valence-corrected chi connectivity index (χ3v) is 2.54. The van der Waals surface area contributed by atoms with Gasteiger partial charge in [0.25, 0.3) is 0 Å². The number of carbonyl (C=O) groups excluding carboxylic acids is 1. The first-order chi connectivity index (χ1) is 6.66. The molecule has 1 aliphatic heterocycles. The first kappa shape index (κ1) is 14.7. The van der Waals surface area contributed by atoms with Crippen LogP contribution in [0.2, 0.25) is 0 Å². The molecule has 0 aromatic heterocycles. The zero-order chi connectivity index (χ0) is 10.6. The van der Waals surface area contributed by atoms with Gasteiger partial charge in [0.15, 0.2) is 0 Å². The highest BCUT2D eigenvalue weighted by Crippen LogP contribution is 2.13. The molecule has 0 radical (unpaired) electrons. The van der Waals surface area contributed by atoms with E-state index in [1.54, 1.807) is 0 Å². The first-order valence-corrected chi connectivity index (χ1v) is 5.20. The lowest BCUT2D eigenvalue weighted by molar-refractivity contribution is -0.143. The Hall–Kier alpha value is -0.320. The van der Waals surface area contributed by atoms with Crippen molar-refractivity contribution in [1.29, 1.82) is 0 Å². The highest BCUT2D eigenvalue weighted by atomic mass is 35.5. The number of amides is 1. The smallest absolute Gasteiger partial charge is 0.224 e. The number of carbonyl (C=O) groups is 1. The Kier molecular flexibility index (Phi) is 6.89. The maximum Gasteiger partial charge on any atom is 0.224 e. The summed E-state index contributed by atoms with van der Waals surface area (Å²) in [7, 11) is 1.86. The van der Waals surface area contributed by atoms with Gasteiger partial charge in [0.2, 0.25) is 5.91 Å². The van der Waals surface area contributed by atoms with E-state index in [9.17, 15) is 4.79 Å². The monoisotopic (exact) mass is 236 g/mol. The lowest BCUT2D eigenvalue weighted by atomic mass is 10.1. The number of rotatable bonds is 3. The minimum Gasteiger partial charge on any atom is -0.377 e. The molecule has 1 N–H and O–H groups in total. The molecule has 0 aromatic rings. The van der Waals surface area contributed by atoms with E-state index in [1.807, 2.05) is 25.8 Å². The van der Waals surface area contributed by atoms with E-state index in [1.165, 1.54) is 0 Å². The zero-order valence-corrected chi connectivity index (χ0v) is 10.5. The Bertz CT molecular complexity index is 192. The minimum atomic E-state index is 0. The molecule has 15 heavy (non-hydrogen) atoms. The van der Waals surface area contributed by atoms with E-state index in [-0.39, 0.29) is 30.4 Å². The first-order valence-electron chi connectivity index (χ1n) is 5.20. The summed E-state index contributed by atoms with van der Waals surface area (Å²) in [5, 5.41) is 2.99. The molecule has 0 saturated carbocycles. The zero-order valence-electron chi connectivity index (χ0n) is 9.66. The molecule has 1 saturated heterocycles. The number of ether oxygens (including phenoxy) is 1. The van der Waals surface area contributed by atoms with Crippen LogP contribution in [0.1, 0.15) is 20.3 Å². The molecule has 1 amide bonds. The fourth-order valence-corrected chi connectivity index (χ4v) is 1.86. The lowest BCUT2D eigenvalue weighted by Gasteiger charge is -2.38. The van der Waals surface area contributed by atoms with E-state index < -0.39 is 0 Å². The van der Waals surface area contributed by atoms with Crippen LogP contribution in [0.5, 0.6) is 0 Å². The summed E-state index contributed by atoms with van der Waals surface area (Å²) in [4.78, 5) is 13.8. The molecule has 1 heterocycles. The Morgan fingerprint density at radius 3 is 2.40 bits per heavy atom. The molecule has 2 atom stereocenters. The van der Waals surface area contributed by atoms with Crippen LogP contribution >= 0.6 is 12.4 Å². The average molecular weight is 237 g/mol.